The van der Waals surface area contributed by atoms with Crippen LogP contribution in [0.4, 0.5) is 0 Å². The Morgan fingerprint density at radius 3 is 2.47 bits per heavy atom. The molecule has 0 bridgehead atoms. The maximum atomic E-state index is 4.50. The van der Waals surface area contributed by atoms with E-state index in [0.29, 0.717) is 0 Å². The topological polar surface area (TPSA) is 12.9 Å². The molecule has 0 N–H and O–H groups in total. The van der Waals surface area contributed by atoms with Gasteiger partial charge in [0.25, 0.3) is 0 Å². The van der Waals surface area contributed by atoms with Gasteiger partial charge in [-0.1, -0.05) is 42.8 Å². The van der Waals surface area contributed by atoms with Crippen LogP contribution >= 0.6 is 15.9 Å². The van der Waals surface area contributed by atoms with Crippen molar-refractivity contribution in [3.63, 3.8) is 0 Å². The van der Waals surface area contributed by atoms with Crippen LogP contribution in [0.1, 0.15) is 26.5 Å². The summed E-state index contributed by atoms with van der Waals surface area (Å²) in [7, 11) is 0. The Morgan fingerprint density at radius 2 is 1.80 bits per heavy atom. The van der Waals surface area contributed by atoms with E-state index in [4.69, 9.17) is 0 Å². The second-order valence-electron chi connectivity index (χ2n) is 4.81. The molecule has 0 radical (unpaired) electrons. The quantitative estimate of drug-likeness (QED) is 0.691. The van der Waals surface area contributed by atoms with Crippen LogP contribution in [-0.2, 0) is 5.41 Å². The van der Waals surface area contributed by atoms with Gasteiger partial charge in [-0.2, -0.15) is 0 Å². The molecule has 0 unspecified atom stereocenters. The zero-order chi connectivity index (χ0) is 11.1. The lowest BCUT2D eigenvalue weighted by Crippen LogP contribution is -2.12. The molecule has 1 heterocycles. The van der Waals surface area contributed by atoms with Crippen molar-refractivity contribution in [2.45, 2.75) is 26.2 Å². The third-order valence-electron chi connectivity index (χ3n) is 2.45. The lowest BCUT2D eigenvalue weighted by Gasteiger charge is -2.17. The van der Waals surface area contributed by atoms with Crippen LogP contribution in [0, 0.1) is 0 Å². The standard InChI is InChI=1S/C13H14BrN/c1-13(2,3)12-7-9-4-5-11(14)6-10(9)8-15-12/h4-8H,1-3H3. The molecule has 2 heteroatoms. The molecule has 0 saturated heterocycles. The van der Waals surface area contributed by atoms with Crippen LogP contribution in [0.15, 0.2) is 34.9 Å². The molecular weight excluding hydrogens is 250 g/mol. The Hall–Kier alpha value is -0.890. The Bertz CT molecular complexity index is 497. The lowest BCUT2D eigenvalue weighted by molar-refractivity contribution is 0.570. The van der Waals surface area contributed by atoms with E-state index in [-0.39, 0.29) is 5.41 Å². The highest BCUT2D eigenvalue weighted by Crippen LogP contribution is 2.25. The van der Waals surface area contributed by atoms with Gasteiger partial charge in [0.05, 0.1) is 0 Å². The Morgan fingerprint density at radius 1 is 1.07 bits per heavy atom. The number of hydrogen-bond acceptors (Lipinski definition) is 1. The number of pyridine rings is 1. The molecule has 0 fully saturated rings. The van der Waals surface area contributed by atoms with Gasteiger partial charge in [0.15, 0.2) is 0 Å². The second-order valence-corrected chi connectivity index (χ2v) is 5.73. The Labute approximate surface area is 98.7 Å². The summed E-state index contributed by atoms with van der Waals surface area (Å²) in [5.41, 5.74) is 1.25. The highest BCUT2D eigenvalue weighted by atomic mass is 79.9. The van der Waals surface area contributed by atoms with Crippen molar-refractivity contribution in [2.24, 2.45) is 0 Å². The van der Waals surface area contributed by atoms with Gasteiger partial charge in [-0.05, 0) is 23.6 Å². The van der Waals surface area contributed by atoms with Crippen LogP contribution < -0.4 is 0 Å². The average molecular weight is 264 g/mol. The third kappa shape index (κ3) is 2.20. The molecule has 2 rings (SSSR count). The predicted molar refractivity (Wildman–Crippen MR) is 68.1 cm³/mol. The molecule has 0 saturated carbocycles. The first-order valence-electron chi connectivity index (χ1n) is 5.02. The minimum atomic E-state index is 0.112. The molecule has 0 aliphatic heterocycles. The monoisotopic (exact) mass is 263 g/mol. The van der Waals surface area contributed by atoms with Gasteiger partial charge < -0.3 is 0 Å². The van der Waals surface area contributed by atoms with Crippen molar-refractivity contribution in [1.82, 2.24) is 4.98 Å². The van der Waals surface area contributed by atoms with E-state index >= 15 is 0 Å². The molecule has 2 aromatic rings. The van der Waals surface area contributed by atoms with Gasteiger partial charge in [0.2, 0.25) is 0 Å². The first kappa shape index (κ1) is 10.6. The number of hydrogen-bond donors (Lipinski definition) is 0. The van der Waals surface area contributed by atoms with E-state index in [1.165, 1.54) is 10.8 Å². The van der Waals surface area contributed by atoms with Gasteiger partial charge in [-0.15, -0.1) is 0 Å². The molecule has 0 atom stereocenters. The molecule has 1 nitrogen and oxygen atoms in total. The molecule has 0 aliphatic rings. The highest BCUT2D eigenvalue weighted by molar-refractivity contribution is 9.10. The van der Waals surface area contributed by atoms with Gasteiger partial charge in [-0.25, -0.2) is 0 Å². The zero-order valence-corrected chi connectivity index (χ0v) is 10.8. The number of rotatable bonds is 0. The molecule has 1 aromatic heterocycles. The van der Waals surface area contributed by atoms with Crippen molar-refractivity contribution < 1.29 is 0 Å². The number of halogens is 1. The minimum Gasteiger partial charge on any atom is -0.260 e. The van der Waals surface area contributed by atoms with Gasteiger partial charge in [0.1, 0.15) is 0 Å². The normalized spacial score (nSPS) is 12.0. The lowest BCUT2D eigenvalue weighted by atomic mass is 9.91. The SMILES string of the molecule is CC(C)(C)c1cc2ccc(Br)cc2cn1. The van der Waals surface area contributed by atoms with Crippen molar-refractivity contribution >= 4 is 26.7 Å². The van der Waals surface area contributed by atoms with Crippen LogP contribution in [0.2, 0.25) is 0 Å². The van der Waals surface area contributed by atoms with Crippen molar-refractivity contribution in [3.05, 3.63) is 40.6 Å². The van der Waals surface area contributed by atoms with Crippen LogP contribution in [-0.4, -0.2) is 4.98 Å². The number of benzene rings is 1. The first-order chi connectivity index (χ1) is 6.97. The van der Waals surface area contributed by atoms with Gasteiger partial charge in [-0.3, -0.25) is 4.98 Å². The van der Waals surface area contributed by atoms with Crippen LogP contribution in [0.3, 0.4) is 0 Å². The summed E-state index contributed by atoms with van der Waals surface area (Å²) in [5, 5.41) is 2.43. The summed E-state index contributed by atoms with van der Waals surface area (Å²) in [6, 6.07) is 8.45. The molecule has 78 valence electrons. The van der Waals surface area contributed by atoms with E-state index in [1.807, 2.05) is 6.20 Å². The fraction of sp³-hybridized carbons (Fsp3) is 0.308. The fourth-order valence-corrected chi connectivity index (χ4v) is 1.90. The van der Waals surface area contributed by atoms with E-state index in [1.54, 1.807) is 0 Å². The second kappa shape index (κ2) is 3.60. The fourth-order valence-electron chi connectivity index (χ4n) is 1.52. The van der Waals surface area contributed by atoms with E-state index in [0.717, 1.165) is 10.2 Å². The summed E-state index contributed by atoms with van der Waals surface area (Å²) in [6.07, 6.45) is 1.95. The Kier molecular flexibility index (Phi) is 2.55. The zero-order valence-electron chi connectivity index (χ0n) is 9.21. The summed E-state index contributed by atoms with van der Waals surface area (Å²) in [4.78, 5) is 4.50. The average Bonchev–Trinajstić information content (AvgIpc) is 2.15. The minimum absolute atomic E-state index is 0.112. The number of aromatic nitrogens is 1. The summed E-state index contributed by atoms with van der Waals surface area (Å²) >= 11 is 3.46. The largest absolute Gasteiger partial charge is 0.260 e. The van der Waals surface area contributed by atoms with Crippen molar-refractivity contribution in [2.75, 3.05) is 0 Å². The maximum absolute atomic E-state index is 4.50. The number of fused-ring (bicyclic) bond motifs is 1. The summed E-state index contributed by atoms with van der Waals surface area (Å²) in [5.74, 6) is 0. The predicted octanol–water partition coefficient (Wildman–Crippen LogP) is 4.29. The first-order valence-corrected chi connectivity index (χ1v) is 5.82. The Balaban J connectivity index is 2.62. The molecule has 0 aliphatic carbocycles. The van der Waals surface area contributed by atoms with Gasteiger partial charge in [0, 0.05) is 27.2 Å². The summed E-state index contributed by atoms with van der Waals surface area (Å²) in [6.45, 7) is 6.54. The van der Waals surface area contributed by atoms with Crippen molar-refractivity contribution in [1.29, 1.82) is 0 Å². The van der Waals surface area contributed by atoms with Crippen molar-refractivity contribution in [3.8, 4) is 0 Å². The highest BCUT2D eigenvalue weighted by Gasteiger charge is 2.15. The van der Waals surface area contributed by atoms with Gasteiger partial charge >= 0.3 is 0 Å². The smallest absolute Gasteiger partial charge is 0.0463 e. The maximum Gasteiger partial charge on any atom is 0.0463 e. The molecule has 0 amide bonds. The van der Waals surface area contributed by atoms with Crippen LogP contribution in [0.5, 0.6) is 0 Å². The van der Waals surface area contributed by atoms with E-state index in [2.05, 4.69) is 66.0 Å². The van der Waals surface area contributed by atoms with E-state index in [9.17, 15) is 0 Å². The molecule has 1 aromatic carbocycles. The molecular formula is C13H14BrN. The molecule has 0 spiro atoms. The molecule has 15 heavy (non-hydrogen) atoms. The third-order valence-corrected chi connectivity index (χ3v) is 2.95. The van der Waals surface area contributed by atoms with Crippen LogP contribution in [0.25, 0.3) is 10.8 Å². The van der Waals surface area contributed by atoms with E-state index < -0.39 is 0 Å². The summed E-state index contributed by atoms with van der Waals surface area (Å²) < 4.78 is 1.10. The number of nitrogens with zero attached hydrogens (tertiary/aromatic N) is 1.